The van der Waals surface area contributed by atoms with Crippen molar-refractivity contribution in [3.8, 4) is 5.88 Å². The second kappa shape index (κ2) is 6.40. The van der Waals surface area contributed by atoms with Gasteiger partial charge in [0.15, 0.2) is 0 Å². The Bertz CT molecular complexity index is 723. The lowest BCUT2D eigenvalue weighted by Crippen LogP contribution is -2.30. The number of amides is 1. The SMILES string of the molecule is CC[C@@H](NC(=O)c1cc2c(nc1OC)CCC2)c1ccnn1C. The predicted molar refractivity (Wildman–Crippen MR) is 86.5 cm³/mol. The first-order chi connectivity index (χ1) is 11.1. The molecule has 1 aliphatic carbocycles. The molecule has 0 aliphatic heterocycles. The minimum atomic E-state index is -0.155. The van der Waals surface area contributed by atoms with E-state index in [-0.39, 0.29) is 11.9 Å². The van der Waals surface area contributed by atoms with Gasteiger partial charge < -0.3 is 10.1 Å². The zero-order valence-corrected chi connectivity index (χ0v) is 13.8. The smallest absolute Gasteiger partial charge is 0.257 e. The Morgan fingerprint density at radius 1 is 1.48 bits per heavy atom. The molecule has 0 unspecified atom stereocenters. The van der Waals surface area contributed by atoms with Gasteiger partial charge in [-0.05, 0) is 43.4 Å². The number of hydrogen-bond acceptors (Lipinski definition) is 4. The highest BCUT2D eigenvalue weighted by atomic mass is 16.5. The lowest BCUT2D eigenvalue weighted by molar-refractivity contribution is 0.0930. The van der Waals surface area contributed by atoms with Gasteiger partial charge in [-0.25, -0.2) is 4.98 Å². The molecule has 0 saturated heterocycles. The summed E-state index contributed by atoms with van der Waals surface area (Å²) in [6.07, 6.45) is 5.54. The maximum Gasteiger partial charge on any atom is 0.257 e. The van der Waals surface area contributed by atoms with E-state index in [1.807, 2.05) is 26.1 Å². The summed E-state index contributed by atoms with van der Waals surface area (Å²) in [5, 5.41) is 7.25. The van der Waals surface area contributed by atoms with Crippen molar-refractivity contribution >= 4 is 5.91 Å². The van der Waals surface area contributed by atoms with Gasteiger partial charge in [0, 0.05) is 18.9 Å². The molecule has 0 aromatic carbocycles. The average molecular weight is 314 g/mol. The third-order valence-corrected chi connectivity index (χ3v) is 4.38. The van der Waals surface area contributed by atoms with Crippen LogP contribution in [0.3, 0.4) is 0 Å². The van der Waals surface area contributed by atoms with Crippen LogP contribution in [-0.2, 0) is 19.9 Å². The monoisotopic (exact) mass is 314 g/mol. The molecule has 0 saturated carbocycles. The van der Waals surface area contributed by atoms with Gasteiger partial charge in [0.1, 0.15) is 5.56 Å². The van der Waals surface area contributed by atoms with E-state index < -0.39 is 0 Å². The lowest BCUT2D eigenvalue weighted by atomic mass is 10.1. The van der Waals surface area contributed by atoms with E-state index in [1.54, 1.807) is 18.0 Å². The molecule has 6 nitrogen and oxygen atoms in total. The van der Waals surface area contributed by atoms with Crippen LogP contribution in [0.5, 0.6) is 5.88 Å². The van der Waals surface area contributed by atoms with Crippen LogP contribution in [-0.4, -0.2) is 27.8 Å². The van der Waals surface area contributed by atoms with Crippen molar-refractivity contribution in [1.82, 2.24) is 20.1 Å². The average Bonchev–Trinajstić information content (AvgIpc) is 3.19. The summed E-state index contributed by atoms with van der Waals surface area (Å²) in [6, 6.07) is 3.76. The van der Waals surface area contributed by atoms with Crippen LogP contribution in [0.2, 0.25) is 0 Å². The molecule has 1 amide bonds. The van der Waals surface area contributed by atoms with E-state index >= 15 is 0 Å². The van der Waals surface area contributed by atoms with Crippen molar-refractivity contribution < 1.29 is 9.53 Å². The van der Waals surface area contributed by atoms with Gasteiger partial charge in [0.05, 0.1) is 18.8 Å². The number of carbonyl (C=O) groups excluding carboxylic acids is 1. The Kier molecular flexibility index (Phi) is 4.32. The Hall–Kier alpha value is -2.37. The Labute approximate surface area is 135 Å². The second-order valence-electron chi connectivity index (χ2n) is 5.82. The zero-order valence-electron chi connectivity index (χ0n) is 13.8. The quantitative estimate of drug-likeness (QED) is 0.918. The predicted octanol–water partition coefficient (Wildman–Crippen LogP) is 2.19. The minimum absolute atomic E-state index is 0.0899. The Morgan fingerprint density at radius 3 is 2.96 bits per heavy atom. The fourth-order valence-electron chi connectivity index (χ4n) is 3.12. The number of methoxy groups -OCH3 is 1. The van der Waals surface area contributed by atoms with Crippen LogP contribution >= 0.6 is 0 Å². The molecule has 0 fully saturated rings. The van der Waals surface area contributed by atoms with Crippen LogP contribution in [0, 0.1) is 0 Å². The molecule has 3 rings (SSSR count). The van der Waals surface area contributed by atoms with E-state index in [2.05, 4.69) is 15.4 Å². The van der Waals surface area contributed by atoms with Gasteiger partial charge in [-0.1, -0.05) is 6.92 Å². The minimum Gasteiger partial charge on any atom is -0.480 e. The standard InChI is InChI=1S/C17H22N4O2/c1-4-13(15-8-9-18-21(15)2)19-16(22)12-10-11-6-5-7-14(11)20-17(12)23-3/h8-10,13H,4-7H2,1-3H3,(H,19,22)/t13-/m1/s1. The first-order valence-electron chi connectivity index (χ1n) is 7.99. The van der Waals surface area contributed by atoms with Gasteiger partial charge in [-0.3, -0.25) is 9.48 Å². The number of hydrogen-bond donors (Lipinski definition) is 1. The topological polar surface area (TPSA) is 69.0 Å². The van der Waals surface area contributed by atoms with E-state index in [9.17, 15) is 4.79 Å². The van der Waals surface area contributed by atoms with E-state index in [0.717, 1.165) is 42.6 Å². The molecule has 1 N–H and O–H groups in total. The summed E-state index contributed by atoms with van der Waals surface area (Å²) in [5.41, 5.74) is 3.70. The third-order valence-electron chi connectivity index (χ3n) is 4.38. The van der Waals surface area contributed by atoms with E-state index in [0.29, 0.717) is 11.4 Å². The highest BCUT2D eigenvalue weighted by Crippen LogP contribution is 2.27. The first-order valence-corrected chi connectivity index (χ1v) is 7.99. The maximum atomic E-state index is 12.7. The summed E-state index contributed by atoms with van der Waals surface area (Å²) in [7, 11) is 3.43. The molecule has 2 heterocycles. The summed E-state index contributed by atoms with van der Waals surface area (Å²) in [5.74, 6) is 0.250. The number of aromatic nitrogens is 3. The highest BCUT2D eigenvalue weighted by molar-refractivity contribution is 5.96. The van der Waals surface area contributed by atoms with Gasteiger partial charge in [0.25, 0.3) is 5.91 Å². The van der Waals surface area contributed by atoms with Crippen LogP contribution in [0.15, 0.2) is 18.3 Å². The molecule has 0 spiro atoms. The lowest BCUT2D eigenvalue weighted by Gasteiger charge is -2.18. The van der Waals surface area contributed by atoms with Gasteiger partial charge in [-0.2, -0.15) is 5.10 Å². The van der Waals surface area contributed by atoms with Crippen molar-refractivity contribution in [1.29, 1.82) is 0 Å². The van der Waals surface area contributed by atoms with E-state index in [1.165, 1.54) is 0 Å². The normalized spacial score (nSPS) is 14.4. The van der Waals surface area contributed by atoms with Gasteiger partial charge >= 0.3 is 0 Å². The van der Waals surface area contributed by atoms with Gasteiger partial charge in [-0.15, -0.1) is 0 Å². The second-order valence-corrected chi connectivity index (χ2v) is 5.82. The molecule has 2 aromatic rings. The number of carbonyl (C=O) groups is 1. The molecular weight excluding hydrogens is 292 g/mol. The van der Waals surface area contributed by atoms with Crippen LogP contribution in [0.4, 0.5) is 0 Å². The summed E-state index contributed by atoms with van der Waals surface area (Å²) in [6.45, 7) is 2.04. The molecule has 1 aliphatic rings. The number of nitrogens with zero attached hydrogens (tertiary/aromatic N) is 3. The number of aryl methyl sites for hydroxylation is 3. The zero-order chi connectivity index (χ0) is 16.4. The molecule has 1 atom stereocenters. The van der Waals surface area contributed by atoms with Crippen molar-refractivity contribution in [2.45, 2.75) is 38.6 Å². The summed E-state index contributed by atoms with van der Waals surface area (Å²) >= 11 is 0. The first kappa shape index (κ1) is 15.5. The van der Waals surface area contributed by atoms with Crippen molar-refractivity contribution in [3.63, 3.8) is 0 Å². The largest absolute Gasteiger partial charge is 0.480 e. The van der Waals surface area contributed by atoms with E-state index in [4.69, 9.17) is 4.74 Å². The van der Waals surface area contributed by atoms with Crippen molar-refractivity contribution in [2.75, 3.05) is 7.11 Å². The number of ether oxygens (including phenoxy) is 1. The van der Waals surface area contributed by atoms with Crippen LogP contribution in [0.25, 0.3) is 0 Å². The summed E-state index contributed by atoms with van der Waals surface area (Å²) < 4.78 is 7.12. The number of pyridine rings is 1. The van der Waals surface area contributed by atoms with Gasteiger partial charge in [0.2, 0.25) is 5.88 Å². The molecule has 23 heavy (non-hydrogen) atoms. The molecule has 122 valence electrons. The van der Waals surface area contributed by atoms with Crippen LogP contribution in [0.1, 0.15) is 53.1 Å². The Morgan fingerprint density at radius 2 is 2.30 bits per heavy atom. The Balaban J connectivity index is 1.87. The molecule has 6 heteroatoms. The van der Waals surface area contributed by atoms with Crippen LogP contribution < -0.4 is 10.1 Å². The molecule has 2 aromatic heterocycles. The third kappa shape index (κ3) is 2.93. The maximum absolute atomic E-state index is 12.7. The molecule has 0 bridgehead atoms. The highest BCUT2D eigenvalue weighted by Gasteiger charge is 2.23. The molecule has 0 radical (unpaired) electrons. The van der Waals surface area contributed by atoms with Crippen molar-refractivity contribution in [2.24, 2.45) is 7.05 Å². The van der Waals surface area contributed by atoms with Crippen molar-refractivity contribution in [3.05, 3.63) is 40.8 Å². The fraction of sp³-hybridized carbons (Fsp3) is 0.471. The number of fused-ring (bicyclic) bond motifs is 1. The molecular formula is C17H22N4O2. The number of rotatable bonds is 5. The number of nitrogens with one attached hydrogen (secondary N) is 1. The summed E-state index contributed by atoms with van der Waals surface area (Å²) in [4.78, 5) is 17.2. The fourth-order valence-corrected chi connectivity index (χ4v) is 3.12.